The van der Waals surface area contributed by atoms with Crippen LogP contribution >= 0.6 is 11.8 Å². The second kappa shape index (κ2) is 5.53. The van der Waals surface area contributed by atoms with Crippen molar-refractivity contribution in [3.05, 3.63) is 35.5 Å². The number of nitrogens with two attached hydrogens (primary N) is 1. The Morgan fingerprint density at radius 3 is 2.38 bits per heavy atom. The van der Waals surface area contributed by atoms with Gasteiger partial charge in [-0.05, 0) is 31.2 Å². The molecule has 0 radical (unpaired) electrons. The summed E-state index contributed by atoms with van der Waals surface area (Å²) in [4.78, 5) is 1.13. The van der Waals surface area contributed by atoms with Crippen LogP contribution in [0.25, 0.3) is 0 Å². The molecule has 0 unspecified atom stereocenters. The van der Waals surface area contributed by atoms with E-state index in [0.717, 1.165) is 9.92 Å². The molecule has 1 aromatic heterocycles. The summed E-state index contributed by atoms with van der Waals surface area (Å²) >= 11 is 1.39. The largest absolute Gasteiger partial charge is 0.384 e. The van der Waals surface area contributed by atoms with Gasteiger partial charge in [0.25, 0.3) is 0 Å². The lowest BCUT2D eigenvalue weighted by Gasteiger charge is -2.06. The molecule has 0 atom stereocenters. The minimum Gasteiger partial charge on any atom is -0.384 e. The van der Waals surface area contributed by atoms with E-state index < -0.39 is 9.84 Å². The summed E-state index contributed by atoms with van der Waals surface area (Å²) in [7, 11) is -1.41. The number of nitrogens with zero attached hydrogens (tertiary/aromatic N) is 2. The number of hydrogen-bond acceptors (Lipinski definition) is 5. The maximum Gasteiger partial charge on any atom is 0.175 e. The molecular weight excluding hydrogens is 308 g/mol. The highest BCUT2D eigenvalue weighted by Crippen LogP contribution is 2.31. The van der Waals surface area contributed by atoms with E-state index in [1.807, 2.05) is 0 Å². The molecule has 8 heteroatoms. The molecule has 2 aromatic rings. The van der Waals surface area contributed by atoms with E-state index >= 15 is 0 Å². The Hall–Kier alpha value is -1.80. The van der Waals surface area contributed by atoms with E-state index in [2.05, 4.69) is 5.10 Å². The van der Waals surface area contributed by atoms with Crippen molar-refractivity contribution >= 4 is 27.4 Å². The molecule has 0 bridgehead atoms. The Morgan fingerprint density at radius 2 is 1.90 bits per heavy atom. The highest BCUT2D eigenvalue weighted by molar-refractivity contribution is 7.99. The van der Waals surface area contributed by atoms with E-state index in [1.54, 1.807) is 42.9 Å². The van der Waals surface area contributed by atoms with Crippen molar-refractivity contribution in [2.24, 2.45) is 12.8 Å². The number of rotatable bonds is 4. The van der Waals surface area contributed by atoms with Crippen LogP contribution < -0.4 is 5.73 Å². The molecular formula is C13H16N4O2S2. The van der Waals surface area contributed by atoms with Gasteiger partial charge < -0.3 is 5.73 Å². The van der Waals surface area contributed by atoms with Gasteiger partial charge >= 0.3 is 0 Å². The first-order chi connectivity index (χ1) is 9.70. The van der Waals surface area contributed by atoms with Gasteiger partial charge in [0.15, 0.2) is 9.84 Å². The van der Waals surface area contributed by atoms with Crippen molar-refractivity contribution in [2.45, 2.75) is 21.7 Å². The van der Waals surface area contributed by atoms with Gasteiger partial charge in [0.05, 0.1) is 16.2 Å². The highest BCUT2D eigenvalue weighted by Gasteiger charge is 2.17. The Balaban J connectivity index is 2.37. The van der Waals surface area contributed by atoms with Crippen molar-refractivity contribution < 1.29 is 8.42 Å². The molecule has 0 aliphatic carbocycles. The summed E-state index contributed by atoms with van der Waals surface area (Å²) < 4.78 is 24.5. The third-order valence-electron chi connectivity index (χ3n) is 2.91. The minimum atomic E-state index is -3.20. The van der Waals surface area contributed by atoms with E-state index in [-0.39, 0.29) is 10.7 Å². The van der Waals surface area contributed by atoms with Crippen LogP contribution in [0.4, 0.5) is 0 Å². The average molecular weight is 324 g/mol. The van der Waals surface area contributed by atoms with Gasteiger partial charge in [-0.15, -0.1) is 0 Å². The molecule has 0 fully saturated rings. The summed E-state index contributed by atoms with van der Waals surface area (Å²) in [6, 6.07) is 6.59. The van der Waals surface area contributed by atoms with Crippen molar-refractivity contribution in [2.75, 3.05) is 6.26 Å². The van der Waals surface area contributed by atoms with Gasteiger partial charge in [-0.25, -0.2) is 8.42 Å². The van der Waals surface area contributed by atoms with Gasteiger partial charge in [-0.3, -0.25) is 10.1 Å². The van der Waals surface area contributed by atoms with Crippen LogP contribution in [0.5, 0.6) is 0 Å². The lowest BCUT2D eigenvalue weighted by Crippen LogP contribution is -2.13. The monoisotopic (exact) mass is 324 g/mol. The molecule has 0 spiro atoms. The topological polar surface area (TPSA) is 102 Å². The predicted molar refractivity (Wildman–Crippen MR) is 82.6 cm³/mol. The number of nitrogens with one attached hydrogen (secondary N) is 1. The Kier molecular flexibility index (Phi) is 4.11. The number of nitrogen functional groups attached to an aromatic ring is 1. The Labute approximate surface area is 127 Å². The van der Waals surface area contributed by atoms with Gasteiger partial charge in [0, 0.05) is 18.2 Å². The molecule has 2 rings (SSSR count). The zero-order valence-electron chi connectivity index (χ0n) is 11.9. The molecule has 6 nitrogen and oxygen atoms in total. The zero-order valence-corrected chi connectivity index (χ0v) is 13.5. The number of sulfone groups is 1. The fourth-order valence-corrected chi connectivity index (χ4v) is 3.59. The number of benzene rings is 1. The van der Waals surface area contributed by atoms with Crippen molar-refractivity contribution in [3.63, 3.8) is 0 Å². The minimum absolute atomic E-state index is 0.0316. The Bertz CT molecular complexity index is 792. The van der Waals surface area contributed by atoms with Gasteiger partial charge in [-0.1, -0.05) is 11.8 Å². The average Bonchev–Trinajstić information content (AvgIpc) is 2.63. The quantitative estimate of drug-likeness (QED) is 0.656. The first-order valence-electron chi connectivity index (χ1n) is 6.06. The first-order valence-corrected chi connectivity index (χ1v) is 8.77. The number of aromatic nitrogens is 2. The standard InChI is InChI=1S/C13H16N4O2S2/c1-8-11(12(14)15)13(17(2)16-8)20-9-4-6-10(7-5-9)21(3,18)19/h4-7H,1-3H3,(H3,14,15). The molecule has 3 N–H and O–H groups in total. The highest BCUT2D eigenvalue weighted by atomic mass is 32.2. The summed E-state index contributed by atoms with van der Waals surface area (Å²) in [5, 5.41) is 12.7. The second-order valence-corrected chi connectivity index (χ2v) is 7.73. The third kappa shape index (κ3) is 3.27. The number of amidine groups is 1. The SMILES string of the molecule is Cc1nn(C)c(Sc2ccc(S(C)(=O)=O)cc2)c1C(=N)N. The van der Waals surface area contributed by atoms with E-state index in [4.69, 9.17) is 11.1 Å². The smallest absolute Gasteiger partial charge is 0.175 e. The molecule has 0 aliphatic rings. The van der Waals surface area contributed by atoms with E-state index in [0.29, 0.717) is 11.3 Å². The van der Waals surface area contributed by atoms with Crippen molar-refractivity contribution in [3.8, 4) is 0 Å². The molecule has 112 valence electrons. The lowest BCUT2D eigenvalue weighted by molar-refractivity contribution is 0.602. The summed E-state index contributed by atoms with van der Waals surface area (Å²) in [6.07, 6.45) is 1.17. The molecule has 1 aromatic carbocycles. The van der Waals surface area contributed by atoms with Crippen LogP contribution in [0, 0.1) is 12.3 Å². The van der Waals surface area contributed by atoms with Crippen LogP contribution in [0.1, 0.15) is 11.3 Å². The fraction of sp³-hybridized carbons (Fsp3) is 0.231. The molecule has 0 saturated heterocycles. The van der Waals surface area contributed by atoms with Crippen molar-refractivity contribution in [1.82, 2.24) is 9.78 Å². The fourth-order valence-electron chi connectivity index (χ4n) is 1.93. The maximum atomic E-state index is 11.4. The lowest BCUT2D eigenvalue weighted by atomic mass is 10.2. The second-order valence-electron chi connectivity index (χ2n) is 4.65. The summed E-state index contributed by atoms with van der Waals surface area (Å²) in [5.41, 5.74) is 6.90. The molecule has 0 aliphatic heterocycles. The molecule has 0 amide bonds. The van der Waals surface area contributed by atoms with Crippen molar-refractivity contribution in [1.29, 1.82) is 5.41 Å². The zero-order chi connectivity index (χ0) is 15.8. The maximum absolute atomic E-state index is 11.4. The van der Waals surface area contributed by atoms with Crippen LogP contribution in [0.15, 0.2) is 39.1 Å². The summed E-state index contributed by atoms with van der Waals surface area (Å²) in [5.74, 6) is -0.0316. The van der Waals surface area contributed by atoms with Gasteiger partial charge in [0.2, 0.25) is 0 Å². The Morgan fingerprint density at radius 1 is 1.33 bits per heavy atom. The molecule has 0 saturated carbocycles. The van der Waals surface area contributed by atoms with Crippen LogP contribution in [0.3, 0.4) is 0 Å². The van der Waals surface area contributed by atoms with Crippen LogP contribution in [0.2, 0.25) is 0 Å². The van der Waals surface area contributed by atoms with Crippen LogP contribution in [-0.2, 0) is 16.9 Å². The van der Waals surface area contributed by atoms with E-state index in [9.17, 15) is 8.42 Å². The normalized spacial score (nSPS) is 11.6. The third-order valence-corrected chi connectivity index (χ3v) is 5.20. The number of aryl methyl sites for hydroxylation is 2. The summed E-state index contributed by atoms with van der Waals surface area (Å²) in [6.45, 7) is 1.80. The molecule has 21 heavy (non-hydrogen) atoms. The van der Waals surface area contributed by atoms with Gasteiger partial charge in [0.1, 0.15) is 10.9 Å². The van der Waals surface area contributed by atoms with E-state index in [1.165, 1.54) is 18.0 Å². The van der Waals surface area contributed by atoms with Gasteiger partial charge in [-0.2, -0.15) is 5.10 Å². The first kappa shape index (κ1) is 15.6. The number of hydrogen-bond donors (Lipinski definition) is 2. The van der Waals surface area contributed by atoms with Crippen LogP contribution in [-0.4, -0.2) is 30.3 Å². The molecule has 1 heterocycles. The predicted octanol–water partition coefficient (Wildman–Crippen LogP) is 1.57.